The van der Waals surface area contributed by atoms with Crippen molar-refractivity contribution in [2.75, 3.05) is 26.8 Å². The number of rotatable bonds is 6. The first-order valence-electron chi connectivity index (χ1n) is 7.28. The number of benzene rings is 1. The van der Waals surface area contributed by atoms with E-state index in [0.29, 0.717) is 5.75 Å². The van der Waals surface area contributed by atoms with Gasteiger partial charge in [0.1, 0.15) is 5.75 Å². The average molecular weight is 357 g/mol. The molecule has 1 aromatic carbocycles. The van der Waals surface area contributed by atoms with Crippen molar-refractivity contribution in [1.82, 2.24) is 4.31 Å². The molecule has 24 heavy (non-hydrogen) atoms. The maximum Gasteiger partial charge on any atom is 0.343 e. The van der Waals surface area contributed by atoms with Gasteiger partial charge in [0.05, 0.1) is 17.9 Å². The lowest BCUT2D eigenvalue weighted by molar-refractivity contribution is -0.143. The highest BCUT2D eigenvalue weighted by atomic mass is 32.2. The number of carbonyl (C=O) groups excluding carboxylic acids is 1. The molecule has 9 heteroatoms. The number of carbonyl (C=O) groups is 2. The molecule has 1 fully saturated rings. The molecule has 0 radical (unpaired) electrons. The van der Waals surface area contributed by atoms with E-state index < -0.39 is 27.9 Å². The summed E-state index contributed by atoms with van der Waals surface area (Å²) >= 11 is 0. The molecular weight excluding hydrogens is 338 g/mol. The van der Waals surface area contributed by atoms with E-state index in [-0.39, 0.29) is 30.5 Å². The highest BCUT2D eigenvalue weighted by Crippen LogP contribution is 2.29. The summed E-state index contributed by atoms with van der Waals surface area (Å²) in [6.45, 7) is 1.57. The zero-order chi connectivity index (χ0) is 17.9. The second-order valence-electron chi connectivity index (χ2n) is 5.58. The molecule has 0 amide bonds. The van der Waals surface area contributed by atoms with E-state index >= 15 is 0 Å². The highest BCUT2D eigenvalue weighted by Gasteiger charge is 2.40. The lowest BCUT2D eigenvalue weighted by atomic mass is 9.99. The molecule has 0 saturated carbocycles. The molecule has 132 valence electrons. The van der Waals surface area contributed by atoms with Gasteiger partial charge in [0, 0.05) is 13.1 Å². The van der Waals surface area contributed by atoms with Gasteiger partial charge in [-0.25, -0.2) is 13.2 Å². The molecule has 0 aliphatic carbocycles. The standard InChI is InChI=1S/C15H19NO7S/c1-10-7-16(8-13(10)15(18)19)24(20,21)12-5-3-11(4-6-12)23-9-14(17)22-2/h3-6,10,13H,7-9H2,1-2H3,(H,18,19)/t10-,13-/m1/s1. The molecule has 1 saturated heterocycles. The fraction of sp³-hybridized carbons (Fsp3) is 0.467. The summed E-state index contributed by atoms with van der Waals surface area (Å²) in [5.74, 6) is -2.16. The molecule has 1 aliphatic rings. The van der Waals surface area contributed by atoms with Gasteiger partial charge in [-0.2, -0.15) is 4.31 Å². The first-order valence-corrected chi connectivity index (χ1v) is 8.72. The summed E-state index contributed by atoms with van der Waals surface area (Å²) in [6.07, 6.45) is 0. The number of esters is 1. The zero-order valence-corrected chi connectivity index (χ0v) is 14.2. The van der Waals surface area contributed by atoms with Gasteiger partial charge in [-0.05, 0) is 30.2 Å². The van der Waals surface area contributed by atoms with Gasteiger partial charge in [-0.1, -0.05) is 6.92 Å². The molecule has 1 aromatic rings. The van der Waals surface area contributed by atoms with E-state index in [9.17, 15) is 18.0 Å². The van der Waals surface area contributed by atoms with Crippen molar-refractivity contribution in [3.8, 4) is 5.75 Å². The third-order valence-corrected chi connectivity index (χ3v) is 5.79. The summed E-state index contributed by atoms with van der Waals surface area (Å²) in [5, 5.41) is 9.12. The number of carboxylic acids is 1. The quantitative estimate of drug-likeness (QED) is 0.742. The summed E-state index contributed by atoms with van der Waals surface area (Å²) in [6, 6.07) is 5.59. The normalized spacial score (nSPS) is 21.4. The number of aliphatic carboxylic acids is 1. The maximum absolute atomic E-state index is 12.6. The molecular formula is C15H19NO7S. The smallest absolute Gasteiger partial charge is 0.343 e. The van der Waals surface area contributed by atoms with Crippen molar-refractivity contribution in [3.63, 3.8) is 0 Å². The lowest BCUT2D eigenvalue weighted by Crippen LogP contribution is -2.30. The Hall–Kier alpha value is -2.13. The zero-order valence-electron chi connectivity index (χ0n) is 13.3. The van der Waals surface area contributed by atoms with Gasteiger partial charge < -0.3 is 14.6 Å². The van der Waals surface area contributed by atoms with Crippen LogP contribution >= 0.6 is 0 Å². The number of sulfonamides is 1. The number of nitrogens with zero attached hydrogens (tertiary/aromatic N) is 1. The third kappa shape index (κ3) is 3.85. The van der Waals surface area contributed by atoms with Crippen LogP contribution in [0.15, 0.2) is 29.2 Å². The third-order valence-electron chi connectivity index (χ3n) is 3.94. The van der Waals surface area contributed by atoms with E-state index in [1.165, 1.54) is 35.7 Å². The van der Waals surface area contributed by atoms with Crippen LogP contribution < -0.4 is 4.74 Å². The van der Waals surface area contributed by atoms with Gasteiger partial charge in [0.25, 0.3) is 0 Å². The van der Waals surface area contributed by atoms with Gasteiger partial charge in [-0.15, -0.1) is 0 Å². The summed E-state index contributed by atoms with van der Waals surface area (Å²) < 4.78 is 36.0. The van der Waals surface area contributed by atoms with Gasteiger partial charge >= 0.3 is 11.9 Å². The second-order valence-corrected chi connectivity index (χ2v) is 7.52. The monoisotopic (exact) mass is 357 g/mol. The fourth-order valence-electron chi connectivity index (χ4n) is 2.50. The maximum atomic E-state index is 12.6. The molecule has 1 N–H and O–H groups in total. The average Bonchev–Trinajstić information content (AvgIpc) is 2.96. The molecule has 2 atom stereocenters. The lowest BCUT2D eigenvalue weighted by Gasteiger charge is -2.16. The Morgan fingerprint density at radius 1 is 1.25 bits per heavy atom. The van der Waals surface area contributed by atoms with E-state index in [4.69, 9.17) is 9.84 Å². The molecule has 0 aromatic heterocycles. The molecule has 8 nitrogen and oxygen atoms in total. The van der Waals surface area contributed by atoms with Crippen molar-refractivity contribution >= 4 is 22.0 Å². The Labute approximate surface area is 140 Å². The summed E-state index contributed by atoms with van der Waals surface area (Å²) in [7, 11) is -2.53. The number of methoxy groups -OCH3 is 1. The number of hydrogen-bond donors (Lipinski definition) is 1. The van der Waals surface area contributed by atoms with E-state index in [0.717, 1.165) is 0 Å². The highest BCUT2D eigenvalue weighted by molar-refractivity contribution is 7.89. The first kappa shape index (κ1) is 18.2. The predicted octanol–water partition coefficient (Wildman–Crippen LogP) is 0.580. The number of ether oxygens (including phenoxy) is 2. The van der Waals surface area contributed by atoms with Gasteiger partial charge in [0.15, 0.2) is 6.61 Å². The molecule has 1 aliphatic heterocycles. The minimum Gasteiger partial charge on any atom is -0.482 e. The van der Waals surface area contributed by atoms with E-state index in [1.54, 1.807) is 6.92 Å². The van der Waals surface area contributed by atoms with Crippen LogP contribution in [-0.2, 0) is 24.3 Å². The van der Waals surface area contributed by atoms with E-state index in [2.05, 4.69) is 4.74 Å². The SMILES string of the molecule is COC(=O)COc1ccc(S(=O)(=O)N2C[C@@H](C)[C@H](C(=O)O)C2)cc1. The van der Waals surface area contributed by atoms with Crippen molar-refractivity contribution < 1.29 is 32.6 Å². The predicted molar refractivity (Wildman–Crippen MR) is 83.0 cm³/mol. The molecule has 0 spiro atoms. The Morgan fingerprint density at radius 2 is 1.88 bits per heavy atom. The van der Waals surface area contributed by atoms with Crippen LogP contribution in [0.3, 0.4) is 0 Å². The minimum atomic E-state index is -3.77. The van der Waals surface area contributed by atoms with Gasteiger partial charge in [0.2, 0.25) is 10.0 Å². The molecule has 0 bridgehead atoms. The number of hydrogen-bond acceptors (Lipinski definition) is 6. The second kappa shape index (κ2) is 7.18. The summed E-state index contributed by atoms with van der Waals surface area (Å²) in [4.78, 5) is 22.2. The van der Waals surface area contributed by atoms with Crippen LogP contribution in [0.25, 0.3) is 0 Å². The van der Waals surface area contributed by atoms with Crippen molar-refractivity contribution in [2.45, 2.75) is 11.8 Å². The molecule has 0 unspecified atom stereocenters. The van der Waals surface area contributed by atoms with Crippen LogP contribution in [0.4, 0.5) is 0 Å². The topological polar surface area (TPSA) is 110 Å². The van der Waals surface area contributed by atoms with Crippen LogP contribution in [0, 0.1) is 11.8 Å². The fourth-order valence-corrected chi connectivity index (χ4v) is 4.06. The van der Waals surface area contributed by atoms with Crippen LogP contribution in [0.2, 0.25) is 0 Å². The van der Waals surface area contributed by atoms with E-state index in [1.807, 2.05) is 0 Å². The minimum absolute atomic E-state index is 0.0422. The van der Waals surface area contributed by atoms with Crippen molar-refractivity contribution in [2.24, 2.45) is 11.8 Å². The van der Waals surface area contributed by atoms with Crippen molar-refractivity contribution in [1.29, 1.82) is 0 Å². The van der Waals surface area contributed by atoms with Crippen LogP contribution in [0.1, 0.15) is 6.92 Å². The largest absolute Gasteiger partial charge is 0.482 e. The molecule has 1 heterocycles. The Balaban J connectivity index is 2.10. The van der Waals surface area contributed by atoms with Crippen LogP contribution in [-0.4, -0.2) is 56.6 Å². The van der Waals surface area contributed by atoms with Crippen molar-refractivity contribution in [3.05, 3.63) is 24.3 Å². The first-order chi connectivity index (χ1) is 11.3. The van der Waals surface area contributed by atoms with Gasteiger partial charge in [-0.3, -0.25) is 4.79 Å². The Kier molecular flexibility index (Phi) is 5.45. The Bertz CT molecular complexity index is 714. The Morgan fingerprint density at radius 3 is 2.38 bits per heavy atom. The van der Waals surface area contributed by atoms with Crippen LogP contribution in [0.5, 0.6) is 5.75 Å². The number of carboxylic acid groups (broad SMARTS) is 1. The summed E-state index contributed by atoms with van der Waals surface area (Å²) in [5.41, 5.74) is 0. The molecule has 2 rings (SSSR count).